The van der Waals surface area contributed by atoms with Gasteiger partial charge >= 0.3 is 7.69 Å². The summed E-state index contributed by atoms with van der Waals surface area (Å²) in [6.07, 6.45) is 1.48. The van der Waals surface area contributed by atoms with Crippen molar-refractivity contribution < 1.29 is 9.68 Å². The molecule has 0 aliphatic heterocycles. The van der Waals surface area contributed by atoms with Crippen LogP contribution in [0.25, 0.3) is 11.0 Å². The van der Waals surface area contributed by atoms with Gasteiger partial charge in [0.05, 0.1) is 17.2 Å². The molecule has 2 aromatic rings. The summed E-state index contributed by atoms with van der Waals surface area (Å²) in [4.78, 5) is 8.22. The zero-order valence-electron chi connectivity index (χ0n) is 6.84. The van der Waals surface area contributed by atoms with Crippen LogP contribution in [0.3, 0.4) is 0 Å². The van der Waals surface area contributed by atoms with Crippen molar-refractivity contribution in [3.63, 3.8) is 0 Å². The van der Waals surface area contributed by atoms with Gasteiger partial charge in [-0.05, 0) is 12.1 Å². The van der Waals surface area contributed by atoms with E-state index in [-0.39, 0.29) is 7.69 Å². The van der Waals surface area contributed by atoms with Crippen molar-refractivity contribution in [1.82, 2.24) is 9.97 Å². The van der Waals surface area contributed by atoms with E-state index in [0.29, 0.717) is 5.88 Å². The Morgan fingerprint density at radius 1 is 1.23 bits per heavy atom. The number of aromatic nitrogens is 2. The molecule has 4 nitrogen and oxygen atoms in total. The first-order valence-corrected chi connectivity index (χ1v) is 3.85. The van der Waals surface area contributed by atoms with Gasteiger partial charge in [-0.15, -0.1) is 0 Å². The number of hydrogen-bond acceptors (Lipinski definition) is 4. The van der Waals surface area contributed by atoms with E-state index >= 15 is 0 Å². The third-order valence-corrected chi connectivity index (χ3v) is 1.64. The van der Waals surface area contributed by atoms with Crippen molar-refractivity contribution in [2.24, 2.45) is 0 Å². The van der Waals surface area contributed by atoms with Crippen LogP contribution in [0.4, 0.5) is 0 Å². The monoisotopic (exact) mass is 174 g/mol. The molecule has 2 rings (SSSR count). The topological polar surface area (TPSA) is 55.2 Å². The van der Waals surface area contributed by atoms with Crippen LogP contribution in [0, 0.1) is 0 Å². The van der Waals surface area contributed by atoms with E-state index in [1.54, 1.807) is 0 Å². The first-order valence-electron chi connectivity index (χ1n) is 3.85. The summed E-state index contributed by atoms with van der Waals surface area (Å²) in [6, 6.07) is 7.47. The van der Waals surface area contributed by atoms with Crippen LogP contribution in [-0.4, -0.2) is 22.7 Å². The fourth-order valence-corrected chi connectivity index (χ4v) is 1.08. The second kappa shape index (κ2) is 3.41. The average molecular weight is 174 g/mol. The van der Waals surface area contributed by atoms with Crippen molar-refractivity contribution in [3.05, 3.63) is 30.5 Å². The standard InChI is InChI=1S/C8H7BN2O2/c12-9-13-8-5-10-6-3-1-2-4-7(6)11-8/h1-5,9,12H. The van der Waals surface area contributed by atoms with Gasteiger partial charge in [0.25, 0.3) is 0 Å². The maximum absolute atomic E-state index is 8.50. The average Bonchev–Trinajstić information content (AvgIpc) is 2.18. The minimum Gasteiger partial charge on any atom is -0.524 e. The van der Waals surface area contributed by atoms with E-state index in [1.807, 2.05) is 24.3 Å². The van der Waals surface area contributed by atoms with Crippen LogP contribution in [0.5, 0.6) is 5.88 Å². The lowest BCUT2D eigenvalue weighted by molar-refractivity contribution is 0.443. The van der Waals surface area contributed by atoms with E-state index < -0.39 is 0 Å². The number of fused-ring (bicyclic) bond motifs is 1. The van der Waals surface area contributed by atoms with Gasteiger partial charge in [-0.3, -0.25) is 0 Å². The van der Waals surface area contributed by atoms with Gasteiger partial charge in [0.1, 0.15) is 0 Å². The first kappa shape index (κ1) is 8.00. The number of nitrogens with zero attached hydrogens (tertiary/aromatic N) is 2. The fourth-order valence-electron chi connectivity index (χ4n) is 1.08. The van der Waals surface area contributed by atoms with Crippen LogP contribution in [0.2, 0.25) is 0 Å². The summed E-state index contributed by atoms with van der Waals surface area (Å²) in [5.41, 5.74) is 1.57. The van der Waals surface area contributed by atoms with Crippen LogP contribution in [0.15, 0.2) is 30.5 Å². The smallest absolute Gasteiger partial charge is 0.505 e. The van der Waals surface area contributed by atoms with E-state index in [9.17, 15) is 0 Å². The fraction of sp³-hybridized carbons (Fsp3) is 0. The van der Waals surface area contributed by atoms with Gasteiger partial charge < -0.3 is 9.68 Å². The first-order chi connectivity index (χ1) is 6.40. The maximum atomic E-state index is 8.50. The molecule has 0 spiro atoms. The second-order valence-electron chi connectivity index (χ2n) is 2.47. The highest BCUT2D eigenvalue weighted by Gasteiger charge is 1.98. The van der Waals surface area contributed by atoms with Gasteiger partial charge in [-0.25, -0.2) is 9.97 Å². The Kier molecular flexibility index (Phi) is 2.10. The summed E-state index contributed by atoms with van der Waals surface area (Å²) < 4.78 is 4.80. The molecule has 0 aliphatic rings. The summed E-state index contributed by atoms with van der Waals surface area (Å²) in [5, 5.41) is 8.50. The molecule has 1 heterocycles. The Bertz CT molecular complexity index is 422. The van der Waals surface area contributed by atoms with Gasteiger partial charge in [-0.2, -0.15) is 0 Å². The molecule has 0 saturated carbocycles. The lowest BCUT2D eigenvalue weighted by Crippen LogP contribution is -2.02. The number of hydrogen-bond donors (Lipinski definition) is 1. The molecule has 0 saturated heterocycles. The van der Waals surface area contributed by atoms with Crippen molar-refractivity contribution >= 4 is 18.7 Å². The second-order valence-corrected chi connectivity index (χ2v) is 2.47. The Balaban J connectivity index is 2.49. The molecule has 13 heavy (non-hydrogen) atoms. The summed E-state index contributed by atoms with van der Waals surface area (Å²) >= 11 is 0. The molecule has 5 heteroatoms. The molecule has 0 unspecified atom stereocenters. The molecular weight excluding hydrogens is 167 g/mol. The molecule has 64 valence electrons. The van der Waals surface area contributed by atoms with Crippen molar-refractivity contribution in [1.29, 1.82) is 0 Å². The summed E-state index contributed by atoms with van der Waals surface area (Å²) in [7, 11) is -0.382. The quantitative estimate of drug-likeness (QED) is 0.663. The molecule has 1 aromatic heterocycles. The Morgan fingerprint density at radius 2 is 2.00 bits per heavy atom. The van der Waals surface area contributed by atoms with Crippen LogP contribution in [0.1, 0.15) is 0 Å². The van der Waals surface area contributed by atoms with Crippen molar-refractivity contribution in [3.8, 4) is 5.88 Å². The van der Waals surface area contributed by atoms with Gasteiger partial charge in [-0.1, -0.05) is 12.1 Å². The van der Waals surface area contributed by atoms with Gasteiger partial charge in [0, 0.05) is 0 Å². The van der Waals surface area contributed by atoms with E-state index in [0.717, 1.165) is 11.0 Å². The number of benzene rings is 1. The normalized spacial score (nSPS) is 9.92. The molecule has 0 radical (unpaired) electrons. The van der Waals surface area contributed by atoms with Crippen LogP contribution in [-0.2, 0) is 0 Å². The minimum atomic E-state index is -0.382. The lowest BCUT2D eigenvalue weighted by Gasteiger charge is -2.00. The molecule has 1 aromatic carbocycles. The highest BCUT2D eigenvalue weighted by Crippen LogP contribution is 2.11. The minimum absolute atomic E-state index is 0.334. The maximum Gasteiger partial charge on any atom is 0.505 e. The van der Waals surface area contributed by atoms with Crippen LogP contribution >= 0.6 is 0 Å². The predicted molar refractivity (Wildman–Crippen MR) is 49.5 cm³/mol. The largest absolute Gasteiger partial charge is 0.524 e. The van der Waals surface area contributed by atoms with Crippen molar-refractivity contribution in [2.45, 2.75) is 0 Å². The third-order valence-electron chi connectivity index (χ3n) is 1.64. The Hall–Kier alpha value is -1.62. The highest BCUT2D eigenvalue weighted by atomic mass is 16.5. The molecule has 0 bridgehead atoms. The van der Waals surface area contributed by atoms with Crippen molar-refractivity contribution in [2.75, 3.05) is 0 Å². The molecule has 0 aliphatic carbocycles. The summed E-state index contributed by atoms with van der Waals surface area (Å²) in [5.74, 6) is 0.334. The molecular formula is C8H7BN2O2. The zero-order valence-corrected chi connectivity index (χ0v) is 6.84. The Labute approximate surface area is 75.5 Å². The van der Waals surface area contributed by atoms with E-state index in [2.05, 4.69) is 9.97 Å². The molecule has 1 N–H and O–H groups in total. The highest BCUT2D eigenvalue weighted by molar-refractivity contribution is 6.17. The van der Waals surface area contributed by atoms with E-state index in [1.165, 1.54) is 6.20 Å². The van der Waals surface area contributed by atoms with E-state index in [4.69, 9.17) is 9.68 Å². The van der Waals surface area contributed by atoms with Gasteiger partial charge in [0.15, 0.2) is 0 Å². The lowest BCUT2D eigenvalue weighted by atomic mass is 10.3. The summed E-state index contributed by atoms with van der Waals surface area (Å²) in [6.45, 7) is 0. The number of para-hydroxylation sites is 2. The number of rotatable bonds is 2. The SMILES string of the molecule is OBOc1cnc2ccccc2n1. The van der Waals surface area contributed by atoms with Gasteiger partial charge in [0.2, 0.25) is 5.88 Å². The van der Waals surface area contributed by atoms with Crippen LogP contribution < -0.4 is 4.65 Å². The molecule has 0 fully saturated rings. The third kappa shape index (κ3) is 1.60. The molecule has 0 atom stereocenters. The zero-order chi connectivity index (χ0) is 9.10. The molecule has 0 amide bonds. The Morgan fingerprint density at radius 3 is 2.77 bits per heavy atom. The predicted octanol–water partition coefficient (Wildman–Crippen LogP) is 0.267.